The van der Waals surface area contributed by atoms with Crippen molar-refractivity contribution in [2.24, 2.45) is 0 Å². The fourth-order valence-electron chi connectivity index (χ4n) is 1.31. The minimum atomic E-state index is -4.75. The molecule has 0 atom stereocenters. The molecule has 0 bridgehead atoms. The maximum atomic E-state index is 12.7. The lowest BCUT2D eigenvalue weighted by Gasteiger charge is -2.14. The second-order valence-electron chi connectivity index (χ2n) is 3.73. The molecule has 0 aliphatic carbocycles. The molecule has 2 aromatic heterocycles. The van der Waals surface area contributed by atoms with E-state index in [-0.39, 0.29) is 5.69 Å². The van der Waals surface area contributed by atoms with Gasteiger partial charge in [-0.2, -0.15) is 13.9 Å². The highest BCUT2D eigenvalue weighted by Crippen LogP contribution is 2.24. The van der Waals surface area contributed by atoms with Crippen LogP contribution in [0.25, 0.3) is 5.82 Å². The Morgan fingerprint density at radius 1 is 1.35 bits per heavy atom. The van der Waals surface area contributed by atoms with Gasteiger partial charge < -0.3 is 5.32 Å². The molecule has 0 spiro atoms. The van der Waals surface area contributed by atoms with Gasteiger partial charge in [0.15, 0.2) is 5.82 Å². The van der Waals surface area contributed by atoms with Crippen molar-refractivity contribution in [1.82, 2.24) is 14.8 Å². The van der Waals surface area contributed by atoms with Gasteiger partial charge in [-0.1, -0.05) is 0 Å². The van der Waals surface area contributed by atoms with E-state index in [1.54, 1.807) is 17.6 Å². The van der Waals surface area contributed by atoms with Crippen LogP contribution in [0.15, 0.2) is 36.8 Å². The number of amides is 1. The molecule has 2 rings (SSSR count). The second-order valence-corrected chi connectivity index (χ2v) is 3.73. The topological polar surface area (TPSA) is 59.8 Å². The Hall–Kier alpha value is -2.45. The first-order valence-electron chi connectivity index (χ1n) is 5.35. The molecule has 9 heteroatoms. The van der Waals surface area contributed by atoms with Crippen molar-refractivity contribution in [3.63, 3.8) is 0 Å². The molecule has 1 amide bonds. The first-order valence-corrected chi connectivity index (χ1v) is 5.35. The Balaban J connectivity index is 2.10. The molecule has 0 saturated heterocycles. The van der Waals surface area contributed by atoms with Gasteiger partial charge in [-0.25, -0.2) is 18.4 Å². The number of hydrogen-bond acceptors (Lipinski definition) is 3. The van der Waals surface area contributed by atoms with Crippen LogP contribution in [0.5, 0.6) is 0 Å². The molecule has 106 valence electrons. The molecule has 0 unspecified atom stereocenters. The van der Waals surface area contributed by atoms with E-state index in [0.29, 0.717) is 5.82 Å². The van der Waals surface area contributed by atoms with Crippen molar-refractivity contribution >= 4 is 11.6 Å². The van der Waals surface area contributed by atoms with Crippen molar-refractivity contribution in [3.8, 4) is 5.82 Å². The molecule has 2 aromatic rings. The van der Waals surface area contributed by atoms with Crippen molar-refractivity contribution in [2.75, 3.05) is 5.32 Å². The van der Waals surface area contributed by atoms with E-state index in [2.05, 4.69) is 10.1 Å². The summed E-state index contributed by atoms with van der Waals surface area (Å²) in [4.78, 5) is 14.9. The van der Waals surface area contributed by atoms with Crippen molar-refractivity contribution in [3.05, 3.63) is 36.8 Å². The Morgan fingerprint density at radius 2 is 2.10 bits per heavy atom. The van der Waals surface area contributed by atoms with E-state index in [0.717, 1.165) is 6.20 Å². The number of rotatable bonds is 4. The van der Waals surface area contributed by atoms with Gasteiger partial charge in [-0.05, 0) is 18.2 Å². The van der Waals surface area contributed by atoms with E-state index in [1.165, 1.54) is 23.0 Å². The third-order valence-electron chi connectivity index (χ3n) is 2.32. The summed E-state index contributed by atoms with van der Waals surface area (Å²) in [6.07, 6.45) is 0.113. The number of nitrogens with zero attached hydrogens (tertiary/aromatic N) is 3. The first-order chi connectivity index (χ1) is 9.41. The Bertz CT molecular complexity index is 583. The first kappa shape index (κ1) is 14.0. The van der Waals surface area contributed by atoms with Crippen LogP contribution in [0, 0.1) is 0 Å². The van der Waals surface area contributed by atoms with Gasteiger partial charge >= 0.3 is 18.3 Å². The van der Waals surface area contributed by atoms with E-state index >= 15 is 0 Å². The molecule has 0 radical (unpaired) electrons. The molecular weight excluding hydrogens is 280 g/mol. The molecule has 0 saturated carbocycles. The fourth-order valence-corrected chi connectivity index (χ4v) is 1.31. The van der Waals surface area contributed by atoms with Crippen LogP contribution in [-0.2, 0) is 4.79 Å². The molecule has 0 aliphatic rings. The van der Waals surface area contributed by atoms with Crippen LogP contribution in [0.1, 0.15) is 0 Å². The summed E-state index contributed by atoms with van der Waals surface area (Å²) in [6.45, 7) is 0. The number of carbonyl (C=O) groups excluding carboxylic acids is 1. The maximum Gasteiger partial charge on any atom is 0.383 e. The van der Waals surface area contributed by atoms with Crippen LogP contribution in [0.3, 0.4) is 0 Å². The number of pyridine rings is 1. The Labute approximate surface area is 110 Å². The molecule has 5 nitrogen and oxygen atoms in total. The van der Waals surface area contributed by atoms with Crippen molar-refractivity contribution in [2.45, 2.75) is 12.3 Å². The highest BCUT2D eigenvalue weighted by molar-refractivity contribution is 5.96. The summed E-state index contributed by atoms with van der Waals surface area (Å²) >= 11 is 0. The SMILES string of the molecule is O=C(Nc1ccc(-n2cccn2)nc1)C(F)(F)C(F)F. The largest absolute Gasteiger partial charge is 0.383 e. The van der Waals surface area contributed by atoms with E-state index in [9.17, 15) is 22.4 Å². The van der Waals surface area contributed by atoms with Gasteiger partial charge in [0.05, 0.1) is 11.9 Å². The zero-order valence-electron chi connectivity index (χ0n) is 9.80. The normalized spacial score (nSPS) is 11.7. The summed E-state index contributed by atoms with van der Waals surface area (Å²) in [5.41, 5.74) is -0.119. The lowest BCUT2D eigenvalue weighted by Crippen LogP contribution is -2.41. The third kappa shape index (κ3) is 2.76. The quantitative estimate of drug-likeness (QED) is 0.876. The number of carbonyl (C=O) groups is 1. The predicted octanol–water partition coefficient (Wildman–Crippen LogP) is 2.11. The van der Waals surface area contributed by atoms with Crippen molar-refractivity contribution < 1.29 is 22.4 Å². The monoisotopic (exact) mass is 288 g/mol. The summed E-state index contributed by atoms with van der Waals surface area (Å²) in [7, 11) is 0. The summed E-state index contributed by atoms with van der Waals surface area (Å²) in [5.74, 6) is -6.45. The van der Waals surface area contributed by atoms with Gasteiger partial charge in [0.25, 0.3) is 0 Å². The van der Waals surface area contributed by atoms with Crippen LogP contribution < -0.4 is 5.32 Å². The lowest BCUT2D eigenvalue weighted by molar-refractivity contribution is -0.163. The number of aromatic nitrogens is 3. The van der Waals surface area contributed by atoms with Crippen LogP contribution in [-0.4, -0.2) is 33.0 Å². The van der Waals surface area contributed by atoms with Gasteiger partial charge in [0, 0.05) is 12.4 Å². The van der Waals surface area contributed by atoms with Crippen LogP contribution in [0.2, 0.25) is 0 Å². The highest BCUT2D eigenvalue weighted by atomic mass is 19.3. The predicted molar refractivity (Wildman–Crippen MR) is 60.9 cm³/mol. The molecular formula is C11H8F4N4O. The fraction of sp³-hybridized carbons (Fsp3) is 0.182. The number of hydrogen-bond donors (Lipinski definition) is 1. The average Bonchev–Trinajstić information content (AvgIpc) is 2.93. The molecule has 0 aliphatic heterocycles. The van der Waals surface area contributed by atoms with Crippen LogP contribution in [0.4, 0.5) is 23.2 Å². The van der Waals surface area contributed by atoms with Gasteiger partial charge in [-0.3, -0.25) is 4.79 Å². The maximum absolute atomic E-state index is 12.7. The molecule has 1 N–H and O–H groups in total. The van der Waals surface area contributed by atoms with Crippen LogP contribution >= 0.6 is 0 Å². The van der Waals surface area contributed by atoms with Gasteiger partial charge in [-0.15, -0.1) is 0 Å². The van der Waals surface area contributed by atoms with Gasteiger partial charge in [0.2, 0.25) is 0 Å². The minimum absolute atomic E-state index is 0.119. The zero-order chi connectivity index (χ0) is 14.8. The Kier molecular flexibility index (Phi) is 3.68. The van der Waals surface area contributed by atoms with E-state index < -0.39 is 18.3 Å². The number of alkyl halides is 4. The number of nitrogens with one attached hydrogen (secondary N) is 1. The smallest absolute Gasteiger partial charge is 0.319 e. The van der Waals surface area contributed by atoms with Crippen molar-refractivity contribution in [1.29, 1.82) is 0 Å². The summed E-state index contributed by atoms with van der Waals surface area (Å²) < 4.78 is 50.8. The minimum Gasteiger partial charge on any atom is -0.319 e. The second kappa shape index (κ2) is 5.27. The number of halogens is 4. The van der Waals surface area contributed by atoms with E-state index in [4.69, 9.17) is 0 Å². The molecule has 0 fully saturated rings. The summed E-state index contributed by atoms with van der Waals surface area (Å²) in [5, 5.41) is 5.56. The van der Waals surface area contributed by atoms with E-state index in [1.807, 2.05) is 0 Å². The molecule has 20 heavy (non-hydrogen) atoms. The summed E-state index contributed by atoms with van der Waals surface area (Å²) in [6, 6.07) is 4.30. The molecule has 2 heterocycles. The highest BCUT2D eigenvalue weighted by Gasteiger charge is 2.48. The Morgan fingerprint density at radius 3 is 2.60 bits per heavy atom. The zero-order valence-corrected chi connectivity index (χ0v) is 9.80. The van der Waals surface area contributed by atoms with Gasteiger partial charge in [0.1, 0.15) is 0 Å². The molecule has 0 aromatic carbocycles. The standard InChI is InChI=1S/C11H8F4N4O/c12-9(13)11(14,15)10(20)18-7-2-3-8(16-6-7)19-5-1-4-17-19/h1-6,9H,(H,18,20). The average molecular weight is 288 g/mol. The number of anilines is 1. The third-order valence-corrected chi connectivity index (χ3v) is 2.32. The lowest BCUT2D eigenvalue weighted by atomic mass is 10.3.